The molecule has 4 heteroatoms. The van der Waals surface area contributed by atoms with Crippen molar-refractivity contribution in [1.29, 1.82) is 0 Å². The molecule has 3 heterocycles. The van der Waals surface area contributed by atoms with Gasteiger partial charge in [-0.3, -0.25) is 9.88 Å². The molecule has 2 aliphatic rings. The SMILES string of the molecule is CN(C)Cc1ncccc1OC[C@@H]1CCCN2CCCC[C@H]12. The van der Waals surface area contributed by atoms with Crippen molar-refractivity contribution < 1.29 is 4.74 Å². The molecule has 2 fully saturated rings. The van der Waals surface area contributed by atoms with Gasteiger partial charge in [-0.15, -0.1) is 0 Å². The highest BCUT2D eigenvalue weighted by atomic mass is 16.5. The lowest BCUT2D eigenvalue weighted by atomic mass is 9.84. The van der Waals surface area contributed by atoms with Gasteiger partial charge in [0.05, 0.1) is 12.3 Å². The number of hydrogen-bond donors (Lipinski definition) is 0. The van der Waals surface area contributed by atoms with Crippen LogP contribution in [0.3, 0.4) is 0 Å². The van der Waals surface area contributed by atoms with E-state index in [2.05, 4.69) is 34.9 Å². The number of aromatic nitrogens is 1. The van der Waals surface area contributed by atoms with Crippen LogP contribution < -0.4 is 4.74 Å². The average molecular weight is 303 g/mol. The molecule has 0 saturated carbocycles. The van der Waals surface area contributed by atoms with Crippen LogP contribution in [0.2, 0.25) is 0 Å². The number of rotatable bonds is 5. The maximum atomic E-state index is 6.21. The van der Waals surface area contributed by atoms with Crippen LogP contribution in [0.25, 0.3) is 0 Å². The van der Waals surface area contributed by atoms with Crippen molar-refractivity contribution in [2.45, 2.75) is 44.7 Å². The fourth-order valence-electron chi connectivity index (χ4n) is 3.94. The molecule has 0 radical (unpaired) electrons. The molecule has 4 nitrogen and oxygen atoms in total. The van der Waals surface area contributed by atoms with Gasteiger partial charge in [0, 0.05) is 24.7 Å². The van der Waals surface area contributed by atoms with Crippen LogP contribution in [0.5, 0.6) is 5.75 Å². The summed E-state index contributed by atoms with van der Waals surface area (Å²) in [7, 11) is 4.14. The van der Waals surface area contributed by atoms with Crippen molar-refractivity contribution in [1.82, 2.24) is 14.8 Å². The molecule has 1 aromatic rings. The molecule has 0 amide bonds. The third kappa shape index (κ3) is 3.79. The van der Waals surface area contributed by atoms with Crippen molar-refractivity contribution in [3.63, 3.8) is 0 Å². The normalized spacial score (nSPS) is 26.0. The number of piperidine rings is 2. The summed E-state index contributed by atoms with van der Waals surface area (Å²) in [5.41, 5.74) is 1.05. The maximum absolute atomic E-state index is 6.21. The van der Waals surface area contributed by atoms with Gasteiger partial charge in [-0.1, -0.05) is 6.42 Å². The van der Waals surface area contributed by atoms with Gasteiger partial charge >= 0.3 is 0 Å². The van der Waals surface area contributed by atoms with E-state index >= 15 is 0 Å². The fraction of sp³-hybridized carbons (Fsp3) is 0.722. The van der Waals surface area contributed by atoms with Gasteiger partial charge in [0.1, 0.15) is 5.75 Å². The van der Waals surface area contributed by atoms with Gasteiger partial charge in [-0.25, -0.2) is 0 Å². The first kappa shape index (κ1) is 15.8. The van der Waals surface area contributed by atoms with E-state index in [1.807, 2.05) is 12.3 Å². The molecule has 122 valence electrons. The zero-order valence-corrected chi connectivity index (χ0v) is 14.0. The predicted octanol–water partition coefficient (Wildman–Crippen LogP) is 2.79. The Morgan fingerprint density at radius 3 is 2.95 bits per heavy atom. The van der Waals surface area contributed by atoms with Crippen LogP contribution in [-0.4, -0.2) is 54.6 Å². The van der Waals surface area contributed by atoms with E-state index in [9.17, 15) is 0 Å². The number of ether oxygens (including phenoxy) is 1. The van der Waals surface area contributed by atoms with Crippen molar-refractivity contribution >= 4 is 0 Å². The van der Waals surface area contributed by atoms with Crippen LogP contribution in [0.1, 0.15) is 37.8 Å². The highest BCUT2D eigenvalue weighted by Gasteiger charge is 2.33. The third-order valence-corrected chi connectivity index (χ3v) is 5.00. The highest BCUT2D eigenvalue weighted by molar-refractivity contribution is 5.26. The summed E-state index contributed by atoms with van der Waals surface area (Å²) < 4.78 is 6.21. The van der Waals surface area contributed by atoms with E-state index in [1.165, 1.54) is 45.2 Å². The second kappa shape index (κ2) is 7.42. The van der Waals surface area contributed by atoms with E-state index in [0.717, 1.165) is 30.6 Å². The average Bonchev–Trinajstić information content (AvgIpc) is 2.53. The van der Waals surface area contributed by atoms with E-state index < -0.39 is 0 Å². The lowest BCUT2D eigenvalue weighted by molar-refractivity contribution is 0.0362. The Balaban J connectivity index is 1.62. The Labute approximate surface area is 134 Å². The summed E-state index contributed by atoms with van der Waals surface area (Å²) in [6, 6.07) is 4.78. The summed E-state index contributed by atoms with van der Waals surface area (Å²) in [6.07, 6.45) is 8.60. The van der Waals surface area contributed by atoms with Gasteiger partial charge in [0.25, 0.3) is 0 Å². The zero-order valence-electron chi connectivity index (χ0n) is 14.0. The summed E-state index contributed by atoms with van der Waals surface area (Å²) in [4.78, 5) is 9.32. The highest BCUT2D eigenvalue weighted by Crippen LogP contribution is 2.31. The van der Waals surface area contributed by atoms with E-state index in [-0.39, 0.29) is 0 Å². The smallest absolute Gasteiger partial charge is 0.142 e. The van der Waals surface area contributed by atoms with Crippen LogP contribution >= 0.6 is 0 Å². The fourth-order valence-corrected chi connectivity index (χ4v) is 3.94. The van der Waals surface area contributed by atoms with Crippen molar-refractivity contribution in [2.24, 2.45) is 5.92 Å². The molecule has 22 heavy (non-hydrogen) atoms. The van der Waals surface area contributed by atoms with Crippen LogP contribution in [0.15, 0.2) is 18.3 Å². The summed E-state index contributed by atoms with van der Waals surface area (Å²) in [5.74, 6) is 1.64. The molecular formula is C18H29N3O. The van der Waals surface area contributed by atoms with Crippen LogP contribution in [0, 0.1) is 5.92 Å². The minimum absolute atomic E-state index is 0.682. The first-order chi connectivity index (χ1) is 10.7. The quantitative estimate of drug-likeness (QED) is 0.836. The van der Waals surface area contributed by atoms with Gasteiger partial charge < -0.3 is 9.64 Å². The molecule has 0 bridgehead atoms. The van der Waals surface area contributed by atoms with Gasteiger partial charge in [-0.2, -0.15) is 0 Å². The summed E-state index contributed by atoms with van der Waals surface area (Å²) >= 11 is 0. The topological polar surface area (TPSA) is 28.6 Å². The summed E-state index contributed by atoms with van der Waals surface area (Å²) in [5, 5.41) is 0. The Morgan fingerprint density at radius 1 is 1.23 bits per heavy atom. The van der Waals surface area contributed by atoms with Crippen LogP contribution in [-0.2, 0) is 6.54 Å². The largest absolute Gasteiger partial charge is 0.491 e. The Morgan fingerprint density at radius 2 is 2.09 bits per heavy atom. The van der Waals surface area contributed by atoms with Crippen molar-refractivity contribution in [3.05, 3.63) is 24.0 Å². The number of pyridine rings is 1. The Kier molecular flexibility index (Phi) is 5.32. The molecule has 1 aromatic heterocycles. The molecule has 0 N–H and O–H groups in total. The number of hydrogen-bond acceptors (Lipinski definition) is 4. The lowest BCUT2D eigenvalue weighted by Gasteiger charge is -2.44. The Hall–Kier alpha value is -1.13. The number of nitrogens with zero attached hydrogens (tertiary/aromatic N) is 3. The van der Waals surface area contributed by atoms with E-state index in [1.54, 1.807) is 0 Å². The molecule has 0 aliphatic carbocycles. The second-order valence-electron chi connectivity index (χ2n) is 7.00. The molecule has 0 unspecified atom stereocenters. The summed E-state index contributed by atoms with van der Waals surface area (Å²) in [6.45, 7) is 4.25. The first-order valence-electron chi connectivity index (χ1n) is 8.69. The minimum Gasteiger partial charge on any atom is -0.491 e. The molecule has 2 atom stereocenters. The standard InChI is InChI=1S/C18H29N3O/c1-20(2)13-16-18(9-5-10-19-16)22-14-15-7-6-12-21-11-4-3-8-17(15)21/h5,9-10,15,17H,3-4,6-8,11-14H2,1-2H3/t15-,17+/m0/s1. The third-order valence-electron chi connectivity index (χ3n) is 5.00. The van der Waals surface area contributed by atoms with Gasteiger partial charge in [0.15, 0.2) is 0 Å². The molecule has 2 aliphatic heterocycles. The Bertz CT molecular complexity index is 475. The van der Waals surface area contributed by atoms with Gasteiger partial charge in [0.2, 0.25) is 0 Å². The molecule has 0 spiro atoms. The predicted molar refractivity (Wildman–Crippen MR) is 89.1 cm³/mol. The minimum atomic E-state index is 0.682. The monoisotopic (exact) mass is 303 g/mol. The molecule has 3 rings (SSSR count). The zero-order chi connectivity index (χ0) is 15.4. The lowest BCUT2D eigenvalue weighted by Crippen LogP contribution is -2.49. The van der Waals surface area contributed by atoms with E-state index in [0.29, 0.717) is 5.92 Å². The second-order valence-corrected chi connectivity index (χ2v) is 7.00. The first-order valence-corrected chi connectivity index (χ1v) is 8.69. The molecule has 0 aromatic carbocycles. The number of fused-ring (bicyclic) bond motifs is 1. The van der Waals surface area contributed by atoms with Crippen LogP contribution in [0.4, 0.5) is 0 Å². The maximum Gasteiger partial charge on any atom is 0.142 e. The van der Waals surface area contributed by atoms with Gasteiger partial charge in [-0.05, 0) is 65.0 Å². The van der Waals surface area contributed by atoms with Crippen molar-refractivity contribution in [3.8, 4) is 5.75 Å². The van der Waals surface area contributed by atoms with Crippen molar-refractivity contribution in [2.75, 3.05) is 33.8 Å². The molecular weight excluding hydrogens is 274 g/mol. The van der Waals surface area contributed by atoms with E-state index in [4.69, 9.17) is 4.74 Å². The molecule has 2 saturated heterocycles.